The van der Waals surface area contributed by atoms with Crippen LogP contribution in [0.25, 0.3) is 0 Å². The molecule has 1 aliphatic carbocycles. The number of alkyl halides is 1. The number of hydrogen-bond donors (Lipinski definition) is 0. The molecule has 5 heteroatoms. The third kappa shape index (κ3) is 4.47. The first-order valence-corrected chi connectivity index (χ1v) is 8.40. The number of nitrogens with zero attached hydrogens (tertiary/aromatic N) is 3. The lowest BCUT2D eigenvalue weighted by molar-refractivity contribution is -0.130. The fraction of sp³-hybridized carbons (Fsp3) is 0.500. The number of amides is 1. The summed E-state index contributed by atoms with van der Waals surface area (Å²) in [5.41, 5.74) is 0.979. The van der Waals surface area contributed by atoms with Crippen LogP contribution in [-0.4, -0.2) is 23.2 Å². The maximum atomic E-state index is 12.2. The minimum absolute atomic E-state index is 0.0978. The third-order valence-electron chi connectivity index (χ3n) is 4.44. The zero-order valence-electron chi connectivity index (χ0n) is 13.1. The number of halogens is 1. The molecule has 1 aliphatic rings. The average Bonchev–Trinajstić information content (AvgIpc) is 2.61. The lowest BCUT2D eigenvalue weighted by atomic mass is 9.75. The molecule has 1 fully saturated rings. The van der Waals surface area contributed by atoms with Gasteiger partial charge in [-0.05, 0) is 30.5 Å². The van der Waals surface area contributed by atoms with Crippen LogP contribution in [0.3, 0.4) is 0 Å². The van der Waals surface area contributed by atoms with E-state index in [1.54, 1.807) is 23.1 Å². The van der Waals surface area contributed by atoms with Crippen molar-refractivity contribution in [2.45, 2.75) is 38.6 Å². The number of rotatable bonds is 5. The van der Waals surface area contributed by atoms with E-state index in [0.29, 0.717) is 18.7 Å². The minimum Gasteiger partial charge on any atom is -0.336 e. The van der Waals surface area contributed by atoms with Crippen molar-refractivity contribution >= 4 is 17.5 Å². The van der Waals surface area contributed by atoms with Crippen molar-refractivity contribution < 1.29 is 4.79 Å². The molecule has 0 unspecified atom stereocenters. The highest BCUT2D eigenvalue weighted by molar-refractivity contribution is 6.27. The fourth-order valence-corrected chi connectivity index (χ4v) is 3.34. The molecule has 2 rings (SSSR count). The van der Waals surface area contributed by atoms with Crippen LogP contribution in [0.5, 0.6) is 0 Å². The molecule has 0 N–H and O–H groups in total. The molecule has 23 heavy (non-hydrogen) atoms. The summed E-state index contributed by atoms with van der Waals surface area (Å²) in [6, 6.07) is 11.7. The van der Waals surface area contributed by atoms with Crippen molar-refractivity contribution in [2.75, 3.05) is 12.4 Å². The summed E-state index contributed by atoms with van der Waals surface area (Å²) in [5.74, 6) is -0.270. The second kappa shape index (κ2) is 7.99. The molecule has 1 saturated carbocycles. The van der Waals surface area contributed by atoms with Crippen LogP contribution in [-0.2, 0) is 11.3 Å². The molecule has 0 bridgehead atoms. The van der Waals surface area contributed by atoms with Gasteiger partial charge in [-0.25, -0.2) is 0 Å². The molecular formula is C18H20ClN3O. The molecule has 4 nitrogen and oxygen atoms in total. The maximum absolute atomic E-state index is 12.2. The van der Waals surface area contributed by atoms with Gasteiger partial charge in [0.15, 0.2) is 0 Å². The van der Waals surface area contributed by atoms with Crippen molar-refractivity contribution in [3.8, 4) is 12.1 Å². The number of benzene rings is 1. The SMILES string of the molecule is N#Cc1cccc(CN(CC2(C#N)CCCCC2)C(=O)CCl)c1. The number of hydrogen-bond acceptors (Lipinski definition) is 3. The first-order chi connectivity index (χ1) is 11.1. The van der Waals surface area contributed by atoms with Gasteiger partial charge in [-0.15, -0.1) is 11.6 Å². The van der Waals surface area contributed by atoms with Crippen molar-refractivity contribution in [3.63, 3.8) is 0 Å². The molecule has 1 aromatic carbocycles. The van der Waals surface area contributed by atoms with E-state index in [1.165, 1.54) is 0 Å². The van der Waals surface area contributed by atoms with E-state index < -0.39 is 5.41 Å². The smallest absolute Gasteiger partial charge is 0.237 e. The zero-order chi connectivity index (χ0) is 16.7. The molecule has 0 spiro atoms. The standard InChI is InChI=1S/C18H20ClN3O/c19-10-17(23)22(12-16-6-4-5-15(9-16)11-20)14-18(13-21)7-2-1-3-8-18/h4-6,9H,1-3,7-8,10,12,14H2. The predicted molar refractivity (Wildman–Crippen MR) is 88.4 cm³/mol. The summed E-state index contributed by atoms with van der Waals surface area (Å²) in [6.07, 6.45) is 4.86. The average molecular weight is 330 g/mol. The largest absolute Gasteiger partial charge is 0.336 e. The number of carbonyl (C=O) groups excluding carboxylic acids is 1. The summed E-state index contributed by atoms with van der Waals surface area (Å²) < 4.78 is 0. The van der Waals surface area contributed by atoms with Gasteiger partial charge in [0.2, 0.25) is 5.91 Å². The quantitative estimate of drug-likeness (QED) is 0.775. The van der Waals surface area contributed by atoms with Crippen LogP contribution in [0.2, 0.25) is 0 Å². The second-order valence-electron chi connectivity index (χ2n) is 6.15. The predicted octanol–water partition coefficient (Wildman–Crippen LogP) is 3.60. The molecule has 1 aromatic rings. The number of nitriles is 2. The number of carbonyl (C=O) groups is 1. The Balaban J connectivity index is 2.18. The Labute approximate surface area is 142 Å². The van der Waals surface area contributed by atoms with E-state index in [4.69, 9.17) is 16.9 Å². The topological polar surface area (TPSA) is 67.9 Å². The monoisotopic (exact) mass is 329 g/mol. The van der Waals surface area contributed by atoms with Crippen LogP contribution < -0.4 is 0 Å². The highest BCUT2D eigenvalue weighted by Crippen LogP contribution is 2.36. The Bertz CT molecular complexity index is 638. The first-order valence-electron chi connectivity index (χ1n) is 7.86. The lowest BCUT2D eigenvalue weighted by Crippen LogP contribution is -2.42. The van der Waals surface area contributed by atoms with Crippen molar-refractivity contribution in [1.29, 1.82) is 10.5 Å². The molecule has 0 aromatic heterocycles. The molecule has 0 aliphatic heterocycles. The summed E-state index contributed by atoms with van der Waals surface area (Å²) in [6.45, 7) is 0.788. The fourth-order valence-electron chi connectivity index (χ4n) is 3.18. The van der Waals surface area contributed by atoms with Gasteiger partial charge in [0.1, 0.15) is 5.88 Å². The van der Waals surface area contributed by atoms with Crippen LogP contribution in [0.1, 0.15) is 43.2 Å². The molecular weight excluding hydrogens is 310 g/mol. The molecule has 120 valence electrons. The molecule has 1 amide bonds. The van der Waals surface area contributed by atoms with Crippen LogP contribution in [0, 0.1) is 28.1 Å². The highest BCUT2D eigenvalue weighted by Gasteiger charge is 2.35. The summed E-state index contributed by atoms with van der Waals surface area (Å²) in [5, 5.41) is 18.6. The van der Waals surface area contributed by atoms with Crippen LogP contribution in [0.4, 0.5) is 0 Å². The van der Waals surface area contributed by atoms with Gasteiger partial charge in [-0.1, -0.05) is 31.4 Å². The van der Waals surface area contributed by atoms with Crippen molar-refractivity contribution in [1.82, 2.24) is 4.90 Å². The van der Waals surface area contributed by atoms with Crippen molar-refractivity contribution in [2.24, 2.45) is 5.41 Å². The first kappa shape index (κ1) is 17.3. The van der Waals surface area contributed by atoms with E-state index in [-0.39, 0.29) is 11.8 Å². The molecule has 0 heterocycles. The summed E-state index contributed by atoms with van der Waals surface area (Å²) in [7, 11) is 0. The Morgan fingerprint density at radius 1 is 1.26 bits per heavy atom. The second-order valence-corrected chi connectivity index (χ2v) is 6.42. The zero-order valence-corrected chi connectivity index (χ0v) is 13.9. The Hall–Kier alpha value is -2.04. The van der Waals surface area contributed by atoms with E-state index in [1.807, 2.05) is 6.07 Å². The van der Waals surface area contributed by atoms with Gasteiger partial charge in [0.25, 0.3) is 0 Å². The summed E-state index contributed by atoms with van der Waals surface area (Å²) >= 11 is 5.75. The Morgan fingerprint density at radius 2 is 2.00 bits per heavy atom. The minimum atomic E-state index is -0.465. The normalized spacial score (nSPS) is 16.1. The van der Waals surface area contributed by atoms with Crippen LogP contribution >= 0.6 is 11.6 Å². The summed E-state index contributed by atoms with van der Waals surface area (Å²) in [4.78, 5) is 13.9. The van der Waals surface area contributed by atoms with Crippen LogP contribution in [0.15, 0.2) is 24.3 Å². The van der Waals surface area contributed by atoms with Gasteiger partial charge < -0.3 is 4.90 Å². The molecule has 0 radical (unpaired) electrons. The third-order valence-corrected chi connectivity index (χ3v) is 4.67. The molecule has 0 saturated heterocycles. The van der Waals surface area contributed by atoms with Gasteiger partial charge in [0.05, 0.1) is 23.1 Å². The van der Waals surface area contributed by atoms with Gasteiger partial charge in [0, 0.05) is 13.1 Å². The van der Waals surface area contributed by atoms with E-state index in [9.17, 15) is 10.1 Å². The Morgan fingerprint density at radius 3 is 2.61 bits per heavy atom. The molecule has 0 atom stereocenters. The Kier molecular flexibility index (Phi) is 6.02. The van der Waals surface area contributed by atoms with E-state index >= 15 is 0 Å². The van der Waals surface area contributed by atoms with Crippen molar-refractivity contribution in [3.05, 3.63) is 35.4 Å². The highest BCUT2D eigenvalue weighted by atomic mass is 35.5. The van der Waals surface area contributed by atoms with E-state index in [0.717, 1.165) is 37.7 Å². The van der Waals surface area contributed by atoms with E-state index in [2.05, 4.69) is 12.1 Å². The maximum Gasteiger partial charge on any atom is 0.237 e. The van der Waals surface area contributed by atoms with Gasteiger partial charge in [-0.3, -0.25) is 4.79 Å². The van der Waals surface area contributed by atoms with Gasteiger partial charge >= 0.3 is 0 Å². The lowest BCUT2D eigenvalue weighted by Gasteiger charge is -2.36. The van der Waals surface area contributed by atoms with Gasteiger partial charge in [-0.2, -0.15) is 10.5 Å².